The van der Waals surface area contributed by atoms with Crippen LogP contribution in [0.1, 0.15) is 22.3 Å². The van der Waals surface area contributed by atoms with Gasteiger partial charge in [0.25, 0.3) is 0 Å². The second-order valence-electron chi connectivity index (χ2n) is 3.75. The Balaban J connectivity index is 2.92. The van der Waals surface area contributed by atoms with E-state index in [9.17, 15) is 0 Å². The van der Waals surface area contributed by atoms with Crippen LogP contribution in [0, 0.1) is 20.8 Å². The third-order valence-electron chi connectivity index (χ3n) is 2.50. The molecule has 0 aliphatic heterocycles. The van der Waals surface area contributed by atoms with E-state index >= 15 is 0 Å². The summed E-state index contributed by atoms with van der Waals surface area (Å²) in [5, 5.41) is 3.10. The lowest BCUT2D eigenvalue weighted by molar-refractivity contribution is 0.922. The van der Waals surface area contributed by atoms with Crippen molar-refractivity contribution in [1.29, 1.82) is 0 Å². The monoisotopic (exact) mass is 189 g/mol. The predicted octanol–water partition coefficient (Wildman–Crippen LogP) is 2.84. The van der Waals surface area contributed by atoms with E-state index in [1.54, 1.807) is 0 Å². The maximum absolute atomic E-state index is 3.10. The Morgan fingerprint density at radius 2 is 1.71 bits per heavy atom. The fourth-order valence-corrected chi connectivity index (χ4v) is 1.47. The molecule has 1 N–H and O–H groups in total. The van der Waals surface area contributed by atoms with Crippen molar-refractivity contribution in [3.05, 3.63) is 40.5 Å². The van der Waals surface area contributed by atoms with Gasteiger partial charge in [-0.2, -0.15) is 0 Å². The Hall–Kier alpha value is -1.08. The van der Waals surface area contributed by atoms with Crippen molar-refractivity contribution >= 4 is 6.08 Å². The van der Waals surface area contributed by atoms with Gasteiger partial charge >= 0.3 is 0 Å². The highest BCUT2D eigenvalue weighted by atomic mass is 14.8. The van der Waals surface area contributed by atoms with Crippen LogP contribution in [0.15, 0.2) is 18.2 Å². The summed E-state index contributed by atoms with van der Waals surface area (Å²) in [5.74, 6) is 0. The molecule has 0 aliphatic carbocycles. The molecule has 1 rings (SSSR count). The Bertz CT molecular complexity index is 337. The average Bonchev–Trinajstić information content (AvgIpc) is 2.14. The van der Waals surface area contributed by atoms with Crippen LogP contribution in [0.3, 0.4) is 0 Å². The molecule has 1 heteroatoms. The zero-order chi connectivity index (χ0) is 10.6. The molecule has 1 nitrogen and oxygen atoms in total. The molecule has 0 radical (unpaired) electrons. The van der Waals surface area contributed by atoms with Crippen LogP contribution in [0.25, 0.3) is 6.08 Å². The number of rotatable bonds is 3. The zero-order valence-electron chi connectivity index (χ0n) is 9.52. The molecule has 1 aromatic carbocycles. The summed E-state index contributed by atoms with van der Waals surface area (Å²) in [6.07, 6.45) is 4.33. The SMILES string of the molecule is CNCC=Cc1cc(C)c(C)cc1C. The summed E-state index contributed by atoms with van der Waals surface area (Å²) in [7, 11) is 1.96. The second-order valence-corrected chi connectivity index (χ2v) is 3.75. The van der Waals surface area contributed by atoms with Crippen LogP contribution < -0.4 is 5.32 Å². The molecule has 76 valence electrons. The van der Waals surface area contributed by atoms with E-state index in [0.29, 0.717) is 0 Å². The topological polar surface area (TPSA) is 12.0 Å². The van der Waals surface area contributed by atoms with Crippen LogP contribution in [-0.2, 0) is 0 Å². The Morgan fingerprint density at radius 1 is 1.07 bits per heavy atom. The van der Waals surface area contributed by atoms with Gasteiger partial charge in [-0.1, -0.05) is 24.3 Å². The summed E-state index contributed by atoms with van der Waals surface area (Å²) in [4.78, 5) is 0. The lowest BCUT2D eigenvalue weighted by atomic mass is 10.0. The van der Waals surface area contributed by atoms with Crippen molar-refractivity contribution in [3.8, 4) is 0 Å². The maximum atomic E-state index is 3.10. The second kappa shape index (κ2) is 4.97. The largest absolute Gasteiger partial charge is 0.316 e. The van der Waals surface area contributed by atoms with E-state index < -0.39 is 0 Å². The highest BCUT2D eigenvalue weighted by Gasteiger charge is 1.97. The first-order valence-corrected chi connectivity index (χ1v) is 5.04. The Kier molecular flexibility index (Phi) is 3.90. The Labute approximate surface area is 86.8 Å². The molecule has 0 atom stereocenters. The van der Waals surface area contributed by atoms with Crippen molar-refractivity contribution in [2.75, 3.05) is 13.6 Å². The molecule has 0 fully saturated rings. The number of aryl methyl sites for hydroxylation is 3. The number of benzene rings is 1. The van der Waals surface area contributed by atoms with E-state index in [1.807, 2.05) is 7.05 Å². The minimum Gasteiger partial charge on any atom is -0.316 e. The molecule has 0 amide bonds. The van der Waals surface area contributed by atoms with Crippen molar-refractivity contribution in [2.45, 2.75) is 20.8 Å². The normalized spacial score (nSPS) is 11.1. The number of hydrogen-bond donors (Lipinski definition) is 1. The van der Waals surface area contributed by atoms with Crippen molar-refractivity contribution in [1.82, 2.24) is 5.32 Å². The summed E-state index contributed by atoms with van der Waals surface area (Å²) in [5.41, 5.74) is 5.40. The minimum absolute atomic E-state index is 0.923. The standard InChI is InChI=1S/C13H19N/c1-10-8-12(3)13(9-11(10)2)6-5-7-14-4/h5-6,8-9,14H,7H2,1-4H3. The smallest absolute Gasteiger partial charge is 0.0135 e. The maximum Gasteiger partial charge on any atom is 0.0135 e. The van der Waals surface area contributed by atoms with Crippen molar-refractivity contribution < 1.29 is 0 Å². The fourth-order valence-electron chi connectivity index (χ4n) is 1.47. The summed E-state index contributed by atoms with van der Waals surface area (Å²) in [6.45, 7) is 7.39. The molecule has 14 heavy (non-hydrogen) atoms. The molecule has 1 aromatic rings. The molecule has 0 saturated carbocycles. The van der Waals surface area contributed by atoms with Crippen LogP contribution in [0.2, 0.25) is 0 Å². The first-order chi connectivity index (χ1) is 6.65. The molecule has 0 aromatic heterocycles. The molecule has 0 spiro atoms. The van der Waals surface area contributed by atoms with Crippen molar-refractivity contribution in [2.24, 2.45) is 0 Å². The minimum atomic E-state index is 0.923. The zero-order valence-corrected chi connectivity index (χ0v) is 9.52. The summed E-state index contributed by atoms with van der Waals surface area (Å²) < 4.78 is 0. The first kappa shape index (κ1) is 11.0. The summed E-state index contributed by atoms with van der Waals surface area (Å²) >= 11 is 0. The van der Waals surface area contributed by atoms with Gasteiger partial charge in [0.15, 0.2) is 0 Å². The molecular formula is C13H19N. The van der Waals surface area contributed by atoms with Gasteiger partial charge in [0, 0.05) is 6.54 Å². The van der Waals surface area contributed by atoms with E-state index in [2.05, 4.69) is 50.4 Å². The lowest BCUT2D eigenvalue weighted by Crippen LogP contribution is -2.03. The number of likely N-dealkylation sites (N-methyl/N-ethyl adjacent to an activating group) is 1. The molecule has 0 aliphatic rings. The van der Waals surface area contributed by atoms with Gasteiger partial charge in [0.05, 0.1) is 0 Å². The summed E-state index contributed by atoms with van der Waals surface area (Å²) in [6, 6.07) is 4.49. The van der Waals surface area contributed by atoms with Gasteiger partial charge in [-0.15, -0.1) is 0 Å². The highest BCUT2D eigenvalue weighted by Crippen LogP contribution is 2.16. The average molecular weight is 189 g/mol. The quantitative estimate of drug-likeness (QED) is 0.771. The molecule has 0 heterocycles. The third kappa shape index (κ3) is 2.71. The van der Waals surface area contributed by atoms with Gasteiger partial charge in [-0.3, -0.25) is 0 Å². The van der Waals surface area contributed by atoms with Gasteiger partial charge in [0.2, 0.25) is 0 Å². The van der Waals surface area contributed by atoms with Gasteiger partial charge in [0.1, 0.15) is 0 Å². The molecule has 0 saturated heterocycles. The molecular weight excluding hydrogens is 170 g/mol. The van der Waals surface area contributed by atoms with Crippen LogP contribution in [0.4, 0.5) is 0 Å². The number of hydrogen-bond acceptors (Lipinski definition) is 1. The third-order valence-corrected chi connectivity index (χ3v) is 2.50. The first-order valence-electron chi connectivity index (χ1n) is 5.04. The van der Waals surface area contributed by atoms with E-state index in [0.717, 1.165) is 6.54 Å². The predicted molar refractivity (Wildman–Crippen MR) is 63.6 cm³/mol. The van der Waals surface area contributed by atoms with Crippen LogP contribution >= 0.6 is 0 Å². The van der Waals surface area contributed by atoms with Crippen molar-refractivity contribution in [3.63, 3.8) is 0 Å². The Morgan fingerprint density at radius 3 is 2.36 bits per heavy atom. The van der Waals surface area contributed by atoms with E-state index in [-0.39, 0.29) is 0 Å². The lowest BCUT2D eigenvalue weighted by Gasteiger charge is -2.05. The van der Waals surface area contributed by atoms with Gasteiger partial charge < -0.3 is 5.32 Å². The van der Waals surface area contributed by atoms with Crippen LogP contribution in [-0.4, -0.2) is 13.6 Å². The van der Waals surface area contributed by atoms with Crippen LogP contribution in [0.5, 0.6) is 0 Å². The molecule has 0 bridgehead atoms. The van der Waals surface area contributed by atoms with E-state index in [1.165, 1.54) is 22.3 Å². The van der Waals surface area contributed by atoms with Gasteiger partial charge in [-0.25, -0.2) is 0 Å². The van der Waals surface area contributed by atoms with Gasteiger partial charge in [-0.05, 0) is 50.1 Å². The van der Waals surface area contributed by atoms with E-state index in [4.69, 9.17) is 0 Å². The number of nitrogens with one attached hydrogen (secondary N) is 1. The fraction of sp³-hybridized carbons (Fsp3) is 0.385. The molecule has 0 unspecified atom stereocenters. The highest BCUT2D eigenvalue weighted by molar-refractivity contribution is 5.56.